The molecule has 1 aromatic carbocycles. The fourth-order valence-corrected chi connectivity index (χ4v) is 5.41. The Bertz CT molecular complexity index is 1110. The minimum Gasteiger partial charge on any atom is -0.450 e. The van der Waals surface area contributed by atoms with Crippen LogP contribution in [-0.2, 0) is 10.4 Å². The van der Waals surface area contributed by atoms with Crippen LogP contribution in [-0.4, -0.2) is 58.0 Å². The van der Waals surface area contributed by atoms with Crippen molar-refractivity contribution in [2.75, 3.05) is 26.2 Å². The Kier molecular flexibility index (Phi) is 5.43. The van der Waals surface area contributed by atoms with E-state index in [-0.39, 0.29) is 17.7 Å². The fourth-order valence-electron chi connectivity index (χ4n) is 5.41. The molecule has 2 fully saturated rings. The third-order valence-corrected chi connectivity index (χ3v) is 6.91. The molecule has 1 amide bonds. The number of rotatable bonds is 4. The molecule has 0 bridgehead atoms. The van der Waals surface area contributed by atoms with Crippen molar-refractivity contribution in [3.63, 3.8) is 0 Å². The molecule has 0 saturated carbocycles. The fraction of sp³-hybridized carbons (Fsp3) is 0.400. The van der Waals surface area contributed by atoms with E-state index in [0.29, 0.717) is 32.0 Å². The molecule has 1 unspecified atom stereocenters. The summed E-state index contributed by atoms with van der Waals surface area (Å²) < 4.78 is 6.85. The lowest BCUT2D eigenvalue weighted by Crippen LogP contribution is -2.57. The number of allylic oxidation sites excluding steroid dienone is 2. The number of amides is 1. The predicted octanol–water partition coefficient (Wildman–Crippen LogP) is 3.10. The van der Waals surface area contributed by atoms with Crippen LogP contribution in [0.15, 0.2) is 71.7 Å². The van der Waals surface area contributed by atoms with Gasteiger partial charge in [0, 0.05) is 44.4 Å². The number of nitrogens with zero attached hydrogens (tertiary/aromatic N) is 4. The molecule has 0 N–H and O–H groups in total. The lowest BCUT2D eigenvalue weighted by molar-refractivity contribution is 0.0305. The number of hydrogen-bond donors (Lipinski definition) is 0. The van der Waals surface area contributed by atoms with Gasteiger partial charge in [-0.3, -0.25) is 9.69 Å². The highest BCUT2D eigenvalue weighted by molar-refractivity contribution is 5.75. The van der Waals surface area contributed by atoms with E-state index in [1.165, 1.54) is 0 Å². The maximum Gasteiger partial charge on any atom is 0.409 e. The highest BCUT2D eigenvalue weighted by atomic mass is 16.6. The standard InChI is InChI=1S/C25H28N4O3/c1-2-32-24(31)27-17-21-12-16-28(22(21)18-27)25(29-23(30)9-6-15-26-29)13-10-20(11-14-25)19-7-4-3-5-8-19/h3-11,13,15,21-22H,2,12,14,16-18H2,1H3/t21-,22+,25?/m1/s1. The summed E-state index contributed by atoms with van der Waals surface area (Å²) in [7, 11) is 0. The van der Waals surface area contributed by atoms with Gasteiger partial charge in [0.15, 0.2) is 0 Å². The van der Waals surface area contributed by atoms with E-state index in [2.05, 4.69) is 40.4 Å². The van der Waals surface area contributed by atoms with Crippen LogP contribution in [0.25, 0.3) is 5.57 Å². The van der Waals surface area contributed by atoms with E-state index in [1.807, 2.05) is 25.1 Å². The van der Waals surface area contributed by atoms with Crippen LogP contribution < -0.4 is 5.56 Å². The van der Waals surface area contributed by atoms with Crippen molar-refractivity contribution in [3.8, 4) is 0 Å². The number of aromatic nitrogens is 2. The number of fused-ring (bicyclic) bond motifs is 1. The van der Waals surface area contributed by atoms with Crippen molar-refractivity contribution < 1.29 is 9.53 Å². The summed E-state index contributed by atoms with van der Waals surface area (Å²) in [5.41, 5.74) is 1.47. The molecule has 3 aliphatic rings. The highest BCUT2D eigenvalue weighted by Crippen LogP contribution is 2.42. The number of likely N-dealkylation sites (tertiary alicyclic amines) is 2. The second-order valence-electron chi connectivity index (χ2n) is 8.63. The van der Waals surface area contributed by atoms with Gasteiger partial charge >= 0.3 is 6.09 Å². The Morgan fingerprint density at radius 1 is 1.19 bits per heavy atom. The number of ether oxygens (including phenoxy) is 1. The van der Waals surface area contributed by atoms with Gasteiger partial charge in [-0.1, -0.05) is 42.5 Å². The van der Waals surface area contributed by atoms with Crippen molar-refractivity contribution in [3.05, 3.63) is 82.8 Å². The number of benzene rings is 1. The Hall–Kier alpha value is -3.19. The molecule has 1 aromatic heterocycles. The first-order chi connectivity index (χ1) is 15.6. The highest BCUT2D eigenvalue weighted by Gasteiger charge is 2.51. The molecule has 166 valence electrons. The summed E-state index contributed by atoms with van der Waals surface area (Å²) in [6.07, 6.45) is 9.45. The van der Waals surface area contributed by atoms with Gasteiger partial charge in [0.2, 0.25) is 0 Å². The van der Waals surface area contributed by atoms with Gasteiger partial charge in [-0.25, -0.2) is 9.48 Å². The van der Waals surface area contributed by atoms with Crippen LogP contribution in [0.4, 0.5) is 4.79 Å². The van der Waals surface area contributed by atoms with Crippen molar-refractivity contribution >= 4 is 11.7 Å². The van der Waals surface area contributed by atoms with Gasteiger partial charge in [0.1, 0.15) is 5.66 Å². The first-order valence-corrected chi connectivity index (χ1v) is 11.3. The minimum absolute atomic E-state index is 0.127. The molecule has 3 heterocycles. The van der Waals surface area contributed by atoms with Crippen LogP contribution in [0.5, 0.6) is 0 Å². The van der Waals surface area contributed by atoms with Crippen LogP contribution in [0, 0.1) is 5.92 Å². The predicted molar refractivity (Wildman–Crippen MR) is 122 cm³/mol. The van der Waals surface area contributed by atoms with E-state index >= 15 is 0 Å². The lowest BCUT2D eigenvalue weighted by atomic mass is 9.90. The maximum atomic E-state index is 12.9. The lowest BCUT2D eigenvalue weighted by Gasteiger charge is -2.44. The quantitative estimate of drug-likeness (QED) is 0.743. The third-order valence-electron chi connectivity index (χ3n) is 6.91. The molecule has 32 heavy (non-hydrogen) atoms. The number of hydrogen-bond acceptors (Lipinski definition) is 5. The second-order valence-corrected chi connectivity index (χ2v) is 8.63. The average molecular weight is 433 g/mol. The third kappa shape index (κ3) is 3.46. The van der Waals surface area contributed by atoms with Gasteiger partial charge in [0.05, 0.1) is 6.61 Å². The van der Waals surface area contributed by atoms with Crippen LogP contribution in [0.3, 0.4) is 0 Å². The van der Waals surface area contributed by atoms with E-state index in [4.69, 9.17) is 4.74 Å². The summed E-state index contributed by atoms with van der Waals surface area (Å²) >= 11 is 0. The van der Waals surface area contributed by atoms with Crippen molar-refractivity contribution in [2.24, 2.45) is 5.92 Å². The Balaban J connectivity index is 1.50. The number of carbonyl (C=O) groups is 1. The molecular formula is C25H28N4O3. The van der Waals surface area contributed by atoms with E-state index in [1.54, 1.807) is 27.9 Å². The van der Waals surface area contributed by atoms with Crippen LogP contribution in [0.1, 0.15) is 25.3 Å². The molecule has 2 saturated heterocycles. The molecule has 3 atom stereocenters. The maximum absolute atomic E-state index is 12.9. The van der Waals surface area contributed by atoms with Gasteiger partial charge < -0.3 is 9.64 Å². The number of carbonyl (C=O) groups excluding carboxylic acids is 1. The van der Waals surface area contributed by atoms with Gasteiger partial charge in [-0.15, -0.1) is 0 Å². The molecule has 7 heteroatoms. The topological polar surface area (TPSA) is 67.7 Å². The second kappa shape index (κ2) is 8.39. The largest absolute Gasteiger partial charge is 0.450 e. The molecular weight excluding hydrogens is 404 g/mol. The van der Waals surface area contributed by atoms with Crippen LogP contribution in [0.2, 0.25) is 0 Å². The Morgan fingerprint density at radius 3 is 2.75 bits per heavy atom. The van der Waals surface area contributed by atoms with Gasteiger partial charge in [-0.05, 0) is 42.5 Å². The van der Waals surface area contributed by atoms with Crippen molar-refractivity contribution in [1.29, 1.82) is 0 Å². The molecule has 7 nitrogen and oxygen atoms in total. The summed E-state index contributed by atoms with van der Waals surface area (Å²) in [4.78, 5) is 29.5. The zero-order valence-electron chi connectivity index (χ0n) is 18.3. The molecule has 0 radical (unpaired) electrons. The summed E-state index contributed by atoms with van der Waals surface area (Å²) in [5, 5.41) is 4.49. The van der Waals surface area contributed by atoms with Crippen molar-refractivity contribution in [1.82, 2.24) is 19.6 Å². The summed E-state index contributed by atoms with van der Waals surface area (Å²) in [5.74, 6) is 0.364. The molecule has 1 aliphatic carbocycles. The van der Waals surface area contributed by atoms with E-state index in [0.717, 1.165) is 24.1 Å². The Labute approximate surface area is 187 Å². The minimum atomic E-state index is -0.694. The van der Waals surface area contributed by atoms with Crippen LogP contribution >= 0.6 is 0 Å². The molecule has 2 aliphatic heterocycles. The SMILES string of the molecule is CCOC(=O)N1C[C@H]2CCN(C3(n4ncccc4=O)C=CC(c4ccccc4)=CC3)[C@H]2C1. The first kappa shape index (κ1) is 20.7. The molecule has 5 rings (SSSR count). The first-order valence-electron chi connectivity index (χ1n) is 11.3. The smallest absolute Gasteiger partial charge is 0.409 e. The zero-order valence-corrected chi connectivity index (χ0v) is 18.3. The van der Waals surface area contributed by atoms with Gasteiger partial charge in [-0.2, -0.15) is 5.10 Å². The van der Waals surface area contributed by atoms with Crippen molar-refractivity contribution in [2.45, 2.75) is 31.5 Å². The van der Waals surface area contributed by atoms with E-state index < -0.39 is 5.66 Å². The van der Waals surface area contributed by atoms with E-state index in [9.17, 15) is 9.59 Å². The normalized spacial score (nSPS) is 27.3. The summed E-state index contributed by atoms with van der Waals surface area (Å²) in [6, 6.07) is 13.7. The molecule has 0 spiro atoms. The summed E-state index contributed by atoms with van der Waals surface area (Å²) in [6.45, 7) is 4.36. The average Bonchev–Trinajstić information content (AvgIpc) is 3.42. The zero-order chi connectivity index (χ0) is 22.1. The monoisotopic (exact) mass is 432 g/mol. The van der Waals surface area contributed by atoms with Gasteiger partial charge in [0.25, 0.3) is 5.56 Å². The Morgan fingerprint density at radius 2 is 2.03 bits per heavy atom. The molecule has 2 aromatic rings.